The van der Waals surface area contributed by atoms with E-state index in [1.165, 1.54) is 12.4 Å². The molecule has 1 rings (SSSR count). The van der Waals surface area contributed by atoms with E-state index in [0.717, 1.165) is 0 Å². The first-order valence-electron chi connectivity index (χ1n) is 3.67. The van der Waals surface area contributed by atoms with Gasteiger partial charge in [-0.05, 0) is 15.9 Å². The molecule has 5 nitrogen and oxygen atoms in total. The summed E-state index contributed by atoms with van der Waals surface area (Å²) in [6.45, 7) is 0.397. The summed E-state index contributed by atoms with van der Waals surface area (Å²) in [5.41, 5.74) is 2.69. The van der Waals surface area contributed by atoms with Crippen LogP contribution < -0.4 is 5.43 Å². The molecule has 1 heterocycles. The van der Waals surface area contributed by atoms with E-state index in [-0.39, 0.29) is 0 Å². The van der Waals surface area contributed by atoms with Crippen LogP contribution in [0.15, 0.2) is 17.5 Å². The highest BCUT2D eigenvalue weighted by Gasteiger charge is 1.94. The van der Waals surface area contributed by atoms with E-state index in [1.807, 2.05) is 0 Å². The normalized spacial score (nSPS) is 11.5. The number of hydrogen-bond acceptors (Lipinski definition) is 5. The van der Waals surface area contributed by atoms with Crippen LogP contribution in [0.2, 0.25) is 5.15 Å². The number of methoxy groups -OCH3 is 1. The highest BCUT2D eigenvalue weighted by Crippen LogP contribution is 2.05. The number of aromatic nitrogens is 2. The summed E-state index contributed by atoms with van der Waals surface area (Å²) in [6.07, 6.45) is 2.92. The van der Waals surface area contributed by atoms with E-state index in [1.54, 1.807) is 7.11 Å². The standard InChI is InChI=1S/C7H8BrClN4O/c1-14-4-5(8)12-13-7-3-10-6(9)2-11-7/h2-3H,4H2,1H3,(H,11,13)/b12-5-. The highest BCUT2D eigenvalue weighted by atomic mass is 79.9. The molecule has 0 radical (unpaired) electrons. The summed E-state index contributed by atoms with van der Waals surface area (Å²) >= 11 is 8.76. The third kappa shape index (κ3) is 3.99. The van der Waals surface area contributed by atoms with Gasteiger partial charge in [0.1, 0.15) is 9.77 Å². The maximum atomic E-state index is 5.56. The number of rotatable bonds is 4. The van der Waals surface area contributed by atoms with Gasteiger partial charge in [-0.15, -0.1) is 0 Å². The molecule has 0 bridgehead atoms. The Morgan fingerprint density at radius 2 is 2.43 bits per heavy atom. The van der Waals surface area contributed by atoms with Gasteiger partial charge in [0.05, 0.1) is 19.0 Å². The molecule has 0 aliphatic carbocycles. The van der Waals surface area contributed by atoms with Crippen LogP contribution in [0.3, 0.4) is 0 Å². The molecule has 1 N–H and O–H groups in total. The van der Waals surface area contributed by atoms with Gasteiger partial charge in [-0.1, -0.05) is 11.6 Å². The van der Waals surface area contributed by atoms with E-state index in [4.69, 9.17) is 16.3 Å². The summed E-state index contributed by atoms with van der Waals surface area (Å²) in [6, 6.07) is 0. The quantitative estimate of drug-likeness (QED) is 0.675. The lowest BCUT2D eigenvalue weighted by Gasteiger charge is -1.99. The first-order chi connectivity index (χ1) is 6.72. The lowest BCUT2D eigenvalue weighted by Crippen LogP contribution is -2.02. The minimum atomic E-state index is 0.343. The minimum absolute atomic E-state index is 0.343. The summed E-state index contributed by atoms with van der Waals surface area (Å²) in [4.78, 5) is 7.76. The molecular weight excluding hydrogens is 271 g/mol. The van der Waals surface area contributed by atoms with Crippen molar-refractivity contribution < 1.29 is 4.74 Å². The SMILES string of the molecule is COC/C(Br)=N/Nc1cnc(Cl)cn1. The molecule has 0 saturated carbocycles. The molecule has 0 atom stereocenters. The fraction of sp³-hybridized carbons (Fsp3) is 0.286. The van der Waals surface area contributed by atoms with Crippen LogP contribution in [0.1, 0.15) is 0 Å². The van der Waals surface area contributed by atoms with Crippen molar-refractivity contribution >= 4 is 38.0 Å². The van der Waals surface area contributed by atoms with Gasteiger partial charge in [-0.3, -0.25) is 5.43 Å². The number of halogens is 2. The Hall–Kier alpha value is -0.720. The monoisotopic (exact) mass is 278 g/mol. The zero-order valence-corrected chi connectivity index (χ0v) is 9.71. The lowest BCUT2D eigenvalue weighted by atomic mass is 10.7. The third-order valence-corrected chi connectivity index (χ3v) is 1.78. The van der Waals surface area contributed by atoms with Crippen LogP contribution in [0.25, 0.3) is 0 Å². The number of hydrazone groups is 1. The van der Waals surface area contributed by atoms with Gasteiger partial charge in [0.25, 0.3) is 0 Å². The Morgan fingerprint density at radius 1 is 1.64 bits per heavy atom. The Labute approximate surface area is 94.7 Å². The van der Waals surface area contributed by atoms with Crippen LogP contribution in [-0.4, -0.2) is 28.3 Å². The summed E-state index contributed by atoms with van der Waals surface area (Å²) in [5.74, 6) is 0.516. The molecule has 0 spiro atoms. The molecule has 76 valence electrons. The Bertz CT molecular complexity index is 316. The zero-order valence-electron chi connectivity index (χ0n) is 7.37. The van der Waals surface area contributed by atoms with Crippen molar-refractivity contribution in [2.45, 2.75) is 0 Å². The van der Waals surface area contributed by atoms with Crippen molar-refractivity contribution in [1.29, 1.82) is 0 Å². The molecule has 14 heavy (non-hydrogen) atoms. The first kappa shape index (κ1) is 11.4. The van der Waals surface area contributed by atoms with Crippen molar-refractivity contribution in [1.82, 2.24) is 9.97 Å². The van der Waals surface area contributed by atoms with Crippen molar-refractivity contribution in [2.75, 3.05) is 19.1 Å². The Morgan fingerprint density at radius 3 is 3.00 bits per heavy atom. The van der Waals surface area contributed by atoms with Crippen LogP contribution in [0, 0.1) is 0 Å². The first-order valence-corrected chi connectivity index (χ1v) is 4.84. The molecule has 7 heteroatoms. The average molecular weight is 280 g/mol. The Kier molecular flexibility index (Phi) is 4.78. The minimum Gasteiger partial charge on any atom is -0.378 e. The number of hydrogen-bond donors (Lipinski definition) is 1. The highest BCUT2D eigenvalue weighted by molar-refractivity contribution is 9.18. The van der Waals surface area contributed by atoms with Gasteiger partial charge in [0.15, 0.2) is 5.82 Å². The van der Waals surface area contributed by atoms with Crippen LogP contribution in [-0.2, 0) is 4.74 Å². The molecular formula is C7H8BrClN4O. The summed E-state index contributed by atoms with van der Waals surface area (Å²) in [5, 5.41) is 4.27. The molecule has 1 aromatic heterocycles. The smallest absolute Gasteiger partial charge is 0.164 e. The fourth-order valence-electron chi connectivity index (χ4n) is 0.639. The van der Waals surface area contributed by atoms with Gasteiger partial charge in [-0.25, -0.2) is 9.97 Å². The second kappa shape index (κ2) is 5.90. The topological polar surface area (TPSA) is 59.4 Å². The van der Waals surface area contributed by atoms with Crippen molar-refractivity contribution in [3.63, 3.8) is 0 Å². The van der Waals surface area contributed by atoms with Gasteiger partial charge < -0.3 is 4.74 Å². The van der Waals surface area contributed by atoms with E-state index in [0.29, 0.717) is 22.2 Å². The van der Waals surface area contributed by atoms with Gasteiger partial charge in [-0.2, -0.15) is 5.10 Å². The molecule has 0 aliphatic rings. The molecule has 0 amide bonds. The van der Waals surface area contributed by atoms with Crippen molar-refractivity contribution in [3.8, 4) is 0 Å². The number of ether oxygens (including phenoxy) is 1. The average Bonchev–Trinajstić information content (AvgIpc) is 2.17. The molecule has 0 aromatic carbocycles. The predicted molar refractivity (Wildman–Crippen MR) is 58.9 cm³/mol. The fourth-order valence-corrected chi connectivity index (χ4v) is 1.05. The van der Waals surface area contributed by atoms with Crippen LogP contribution >= 0.6 is 27.5 Å². The Balaban J connectivity index is 2.53. The van der Waals surface area contributed by atoms with Crippen LogP contribution in [0.5, 0.6) is 0 Å². The summed E-state index contributed by atoms with van der Waals surface area (Å²) < 4.78 is 5.47. The van der Waals surface area contributed by atoms with E-state index < -0.39 is 0 Å². The second-order valence-corrected chi connectivity index (χ2v) is 3.56. The van der Waals surface area contributed by atoms with E-state index >= 15 is 0 Å². The largest absolute Gasteiger partial charge is 0.378 e. The molecule has 0 saturated heterocycles. The molecule has 0 aliphatic heterocycles. The lowest BCUT2D eigenvalue weighted by molar-refractivity contribution is 0.247. The van der Waals surface area contributed by atoms with E-state index in [2.05, 4.69) is 36.4 Å². The number of nitrogens with zero attached hydrogens (tertiary/aromatic N) is 3. The van der Waals surface area contributed by atoms with E-state index in [9.17, 15) is 0 Å². The van der Waals surface area contributed by atoms with Crippen molar-refractivity contribution in [2.24, 2.45) is 5.10 Å². The van der Waals surface area contributed by atoms with Crippen LogP contribution in [0.4, 0.5) is 5.82 Å². The predicted octanol–water partition coefficient (Wildman–Crippen LogP) is 1.90. The third-order valence-electron chi connectivity index (χ3n) is 1.18. The second-order valence-electron chi connectivity index (χ2n) is 2.26. The zero-order chi connectivity index (χ0) is 10.4. The van der Waals surface area contributed by atoms with Crippen molar-refractivity contribution in [3.05, 3.63) is 17.5 Å². The number of anilines is 1. The number of nitrogens with one attached hydrogen (secondary N) is 1. The maximum Gasteiger partial charge on any atom is 0.164 e. The molecule has 1 aromatic rings. The molecule has 0 fully saturated rings. The van der Waals surface area contributed by atoms with Gasteiger partial charge in [0.2, 0.25) is 0 Å². The van der Waals surface area contributed by atoms with Gasteiger partial charge in [0, 0.05) is 7.11 Å². The summed E-state index contributed by atoms with van der Waals surface area (Å²) in [7, 11) is 1.58. The molecule has 0 unspecified atom stereocenters. The maximum absolute atomic E-state index is 5.56. The van der Waals surface area contributed by atoms with Gasteiger partial charge >= 0.3 is 0 Å².